The molecule has 1 saturated carbocycles. The van der Waals surface area contributed by atoms with Crippen molar-refractivity contribution >= 4 is 12.0 Å². The van der Waals surface area contributed by atoms with E-state index in [1.165, 1.54) is 0 Å². The highest BCUT2D eigenvalue weighted by atomic mass is 16.6. The molecule has 2 N–H and O–H groups in total. The molecule has 0 unspecified atom stereocenters. The Hall–Kier alpha value is -1.26. The van der Waals surface area contributed by atoms with Crippen molar-refractivity contribution in [3.63, 3.8) is 0 Å². The molecule has 0 heterocycles. The smallest absolute Gasteiger partial charge is 0.407 e. The van der Waals surface area contributed by atoms with Gasteiger partial charge in [-0.15, -0.1) is 0 Å². The van der Waals surface area contributed by atoms with Crippen LogP contribution < -0.4 is 10.6 Å². The van der Waals surface area contributed by atoms with Crippen LogP contribution in [0.3, 0.4) is 0 Å². The number of carbonyl (C=O) groups is 2. The van der Waals surface area contributed by atoms with Crippen LogP contribution in [0.25, 0.3) is 0 Å². The van der Waals surface area contributed by atoms with Gasteiger partial charge < -0.3 is 15.4 Å². The second kappa shape index (κ2) is 7.50. The summed E-state index contributed by atoms with van der Waals surface area (Å²) in [5.41, 5.74) is -0.450. The van der Waals surface area contributed by atoms with Crippen molar-refractivity contribution in [2.75, 3.05) is 7.05 Å². The number of ether oxygens (including phenoxy) is 1. The molecule has 0 spiro atoms. The van der Waals surface area contributed by atoms with Gasteiger partial charge in [0.2, 0.25) is 5.91 Å². The van der Waals surface area contributed by atoms with E-state index in [1.54, 1.807) is 7.05 Å². The number of carbonyl (C=O) groups excluding carboxylic acids is 2. The van der Waals surface area contributed by atoms with Crippen LogP contribution in [0.2, 0.25) is 0 Å². The van der Waals surface area contributed by atoms with E-state index in [0.717, 1.165) is 32.1 Å². The Morgan fingerprint density at radius 2 is 1.75 bits per heavy atom. The lowest BCUT2D eigenvalue weighted by Crippen LogP contribution is -2.41. The molecule has 20 heavy (non-hydrogen) atoms. The Balaban J connectivity index is 2.22. The van der Waals surface area contributed by atoms with Crippen LogP contribution >= 0.6 is 0 Å². The molecular formula is C15H28N2O3. The van der Waals surface area contributed by atoms with Crippen molar-refractivity contribution in [2.45, 2.75) is 70.9 Å². The number of hydrogen-bond donors (Lipinski definition) is 2. The number of amides is 2. The van der Waals surface area contributed by atoms with E-state index in [4.69, 9.17) is 4.74 Å². The van der Waals surface area contributed by atoms with Crippen LogP contribution in [0.15, 0.2) is 0 Å². The lowest BCUT2D eigenvalue weighted by molar-refractivity contribution is -0.120. The number of hydrogen-bond acceptors (Lipinski definition) is 3. The highest BCUT2D eigenvalue weighted by Crippen LogP contribution is 2.28. The lowest BCUT2D eigenvalue weighted by Gasteiger charge is -2.30. The lowest BCUT2D eigenvalue weighted by atomic mass is 9.83. The average Bonchev–Trinajstić information content (AvgIpc) is 2.35. The summed E-state index contributed by atoms with van der Waals surface area (Å²) in [5.74, 6) is 0.711. The third-order valence-electron chi connectivity index (χ3n) is 3.63. The Bertz CT molecular complexity index is 329. The topological polar surface area (TPSA) is 67.4 Å². The molecule has 0 aromatic carbocycles. The molecule has 1 aliphatic rings. The number of nitrogens with one attached hydrogen (secondary N) is 2. The molecule has 0 aromatic rings. The molecule has 5 heteroatoms. The van der Waals surface area contributed by atoms with Crippen LogP contribution in [0.4, 0.5) is 4.79 Å². The number of rotatable bonds is 4. The van der Waals surface area contributed by atoms with E-state index in [-0.39, 0.29) is 18.0 Å². The Morgan fingerprint density at radius 1 is 1.15 bits per heavy atom. The fourth-order valence-electron chi connectivity index (χ4n) is 2.53. The fraction of sp³-hybridized carbons (Fsp3) is 0.867. The molecule has 0 aliphatic heterocycles. The van der Waals surface area contributed by atoms with Gasteiger partial charge in [-0.25, -0.2) is 4.79 Å². The molecule has 1 fully saturated rings. The second-order valence-electron chi connectivity index (χ2n) is 6.58. The van der Waals surface area contributed by atoms with Gasteiger partial charge in [-0.05, 0) is 58.8 Å². The van der Waals surface area contributed by atoms with E-state index in [1.807, 2.05) is 20.8 Å². The van der Waals surface area contributed by atoms with E-state index in [0.29, 0.717) is 12.3 Å². The Labute approximate surface area is 121 Å². The molecule has 0 radical (unpaired) electrons. The summed E-state index contributed by atoms with van der Waals surface area (Å²) < 4.78 is 5.26. The second-order valence-corrected chi connectivity index (χ2v) is 6.58. The summed E-state index contributed by atoms with van der Waals surface area (Å²) in [6.07, 6.45) is 5.29. The van der Waals surface area contributed by atoms with Crippen LogP contribution in [0, 0.1) is 5.92 Å². The maximum absolute atomic E-state index is 11.7. The third-order valence-corrected chi connectivity index (χ3v) is 3.63. The van der Waals surface area contributed by atoms with Crippen molar-refractivity contribution in [3.8, 4) is 0 Å². The van der Waals surface area contributed by atoms with Crippen LogP contribution in [0.1, 0.15) is 59.3 Å². The quantitative estimate of drug-likeness (QED) is 0.834. The van der Waals surface area contributed by atoms with Crippen molar-refractivity contribution in [1.29, 1.82) is 0 Å². The molecule has 0 aromatic heterocycles. The maximum Gasteiger partial charge on any atom is 0.407 e. The van der Waals surface area contributed by atoms with Crippen molar-refractivity contribution < 1.29 is 14.3 Å². The first-order valence-electron chi connectivity index (χ1n) is 7.50. The molecule has 5 nitrogen and oxygen atoms in total. The van der Waals surface area contributed by atoms with E-state index >= 15 is 0 Å². The summed E-state index contributed by atoms with van der Waals surface area (Å²) in [6.45, 7) is 5.59. The van der Waals surface area contributed by atoms with E-state index in [9.17, 15) is 9.59 Å². The Kier molecular flexibility index (Phi) is 6.30. The minimum Gasteiger partial charge on any atom is -0.444 e. The van der Waals surface area contributed by atoms with Crippen molar-refractivity contribution in [1.82, 2.24) is 10.6 Å². The van der Waals surface area contributed by atoms with Gasteiger partial charge in [0.15, 0.2) is 0 Å². The first-order valence-corrected chi connectivity index (χ1v) is 7.50. The SMILES string of the molecule is CNC(=O)CCC1CCC(NC(=O)OC(C)(C)C)CC1. The standard InChI is InChI=1S/C15H28N2O3/c1-15(2,3)20-14(19)17-12-8-5-11(6-9-12)7-10-13(18)16-4/h11-12H,5-10H2,1-4H3,(H,16,18)(H,17,19). The maximum atomic E-state index is 11.7. The van der Waals surface area contributed by atoms with Crippen LogP contribution in [-0.2, 0) is 9.53 Å². The van der Waals surface area contributed by atoms with Gasteiger partial charge in [-0.2, -0.15) is 0 Å². The van der Waals surface area contributed by atoms with Crippen molar-refractivity contribution in [2.24, 2.45) is 5.92 Å². The summed E-state index contributed by atoms with van der Waals surface area (Å²) >= 11 is 0. The highest BCUT2D eigenvalue weighted by Gasteiger charge is 2.24. The zero-order valence-corrected chi connectivity index (χ0v) is 13.1. The van der Waals surface area contributed by atoms with Gasteiger partial charge in [0, 0.05) is 19.5 Å². The molecule has 2 amide bonds. The van der Waals surface area contributed by atoms with Gasteiger partial charge >= 0.3 is 6.09 Å². The highest BCUT2D eigenvalue weighted by molar-refractivity contribution is 5.75. The molecule has 0 bridgehead atoms. The number of alkyl carbamates (subject to hydrolysis) is 1. The molecule has 1 aliphatic carbocycles. The van der Waals surface area contributed by atoms with Crippen LogP contribution in [-0.4, -0.2) is 30.7 Å². The minimum absolute atomic E-state index is 0.110. The van der Waals surface area contributed by atoms with Gasteiger partial charge in [0.25, 0.3) is 0 Å². The first-order chi connectivity index (χ1) is 9.30. The average molecular weight is 284 g/mol. The van der Waals surface area contributed by atoms with E-state index < -0.39 is 5.60 Å². The zero-order valence-electron chi connectivity index (χ0n) is 13.1. The normalized spacial score (nSPS) is 23.0. The Morgan fingerprint density at radius 3 is 2.25 bits per heavy atom. The molecule has 0 saturated heterocycles. The van der Waals surface area contributed by atoms with Gasteiger partial charge in [0.05, 0.1) is 0 Å². The zero-order chi connectivity index (χ0) is 15.2. The molecule has 1 rings (SSSR count). The summed E-state index contributed by atoms with van der Waals surface area (Å²) in [7, 11) is 1.67. The van der Waals surface area contributed by atoms with Crippen LogP contribution in [0.5, 0.6) is 0 Å². The fourth-order valence-corrected chi connectivity index (χ4v) is 2.53. The largest absolute Gasteiger partial charge is 0.444 e. The van der Waals surface area contributed by atoms with Gasteiger partial charge in [-0.1, -0.05) is 0 Å². The monoisotopic (exact) mass is 284 g/mol. The predicted octanol–water partition coefficient (Wildman–Crippen LogP) is 2.60. The minimum atomic E-state index is -0.450. The summed E-state index contributed by atoms with van der Waals surface area (Å²) in [4.78, 5) is 22.9. The summed E-state index contributed by atoms with van der Waals surface area (Å²) in [5, 5.41) is 5.58. The molecule has 116 valence electrons. The van der Waals surface area contributed by atoms with Gasteiger partial charge in [0.1, 0.15) is 5.60 Å². The molecular weight excluding hydrogens is 256 g/mol. The van der Waals surface area contributed by atoms with Crippen molar-refractivity contribution in [3.05, 3.63) is 0 Å². The first kappa shape index (κ1) is 16.8. The molecule has 0 atom stereocenters. The predicted molar refractivity (Wildman–Crippen MR) is 78.4 cm³/mol. The summed E-state index contributed by atoms with van der Waals surface area (Å²) in [6, 6.07) is 0.209. The van der Waals surface area contributed by atoms with Gasteiger partial charge in [-0.3, -0.25) is 4.79 Å². The third kappa shape index (κ3) is 6.78. The van der Waals surface area contributed by atoms with E-state index in [2.05, 4.69) is 10.6 Å².